The van der Waals surface area contributed by atoms with Crippen molar-refractivity contribution in [2.45, 2.75) is 106 Å². The van der Waals surface area contributed by atoms with Crippen LogP contribution in [0.1, 0.15) is 106 Å². The predicted octanol–water partition coefficient (Wildman–Crippen LogP) is 6.56. The minimum atomic E-state index is -0.0607. The van der Waals surface area contributed by atoms with E-state index in [2.05, 4.69) is 27.7 Å². The van der Waals surface area contributed by atoms with Crippen molar-refractivity contribution >= 4 is 11.9 Å². The molecular weight excluding hydrogens is 352 g/mol. The second-order valence-electron chi connectivity index (χ2n) is 8.94. The summed E-state index contributed by atoms with van der Waals surface area (Å²) >= 11 is 0. The Kier molecular flexibility index (Phi) is 16.2. The number of unbranched alkanes of at least 4 members (excludes halogenated alkanes) is 5. The Morgan fingerprint density at radius 2 is 1.25 bits per heavy atom. The van der Waals surface area contributed by atoms with E-state index in [1.165, 1.54) is 25.7 Å². The summed E-state index contributed by atoms with van der Waals surface area (Å²) in [6.07, 6.45) is 10.3. The zero-order valence-electron chi connectivity index (χ0n) is 19.4. The van der Waals surface area contributed by atoms with Crippen LogP contribution >= 0.6 is 0 Å². The zero-order chi connectivity index (χ0) is 21.4. The molecule has 0 saturated heterocycles. The lowest BCUT2D eigenvalue weighted by atomic mass is 9.84. The fraction of sp³-hybridized carbons (Fsp3) is 0.917. The lowest BCUT2D eigenvalue weighted by Gasteiger charge is -2.24. The summed E-state index contributed by atoms with van der Waals surface area (Å²) in [6.45, 7) is 13.6. The van der Waals surface area contributed by atoms with E-state index in [1.807, 2.05) is 13.8 Å². The van der Waals surface area contributed by atoms with Crippen LogP contribution in [0, 0.1) is 23.7 Å². The van der Waals surface area contributed by atoms with Gasteiger partial charge in [-0.05, 0) is 37.0 Å². The summed E-state index contributed by atoms with van der Waals surface area (Å²) < 4.78 is 10.7. The van der Waals surface area contributed by atoms with Crippen LogP contribution < -0.4 is 0 Å². The van der Waals surface area contributed by atoms with Crippen LogP contribution in [0.25, 0.3) is 0 Å². The molecule has 4 nitrogen and oxygen atoms in total. The van der Waals surface area contributed by atoms with E-state index in [0.29, 0.717) is 37.4 Å². The third kappa shape index (κ3) is 14.0. The van der Waals surface area contributed by atoms with Gasteiger partial charge in [0.1, 0.15) is 0 Å². The standard InChI is InChI=1S/C24H46O4/c1-7-21(22(8-2)24(26)28-18-20(5)6)15-13-11-9-10-12-14-16-23(25)27-17-19(3)4/h19-22H,7-18H2,1-6H3. The van der Waals surface area contributed by atoms with Crippen LogP contribution in [0.5, 0.6) is 0 Å². The van der Waals surface area contributed by atoms with Crippen molar-refractivity contribution in [2.75, 3.05) is 13.2 Å². The van der Waals surface area contributed by atoms with E-state index >= 15 is 0 Å². The molecule has 0 bridgehead atoms. The fourth-order valence-electron chi connectivity index (χ4n) is 3.45. The topological polar surface area (TPSA) is 52.6 Å². The Balaban J connectivity index is 3.88. The van der Waals surface area contributed by atoms with Crippen LogP contribution in [0.4, 0.5) is 0 Å². The van der Waals surface area contributed by atoms with Gasteiger partial charge in [0.2, 0.25) is 0 Å². The first kappa shape index (κ1) is 26.9. The van der Waals surface area contributed by atoms with Crippen LogP contribution in [-0.4, -0.2) is 25.2 Å². The summed E-state index contributed by atoms with van der Waals surface area (Å²) in [5.74, 6) is 1.20. The summed E-state index contributed by atoms with van der Waals surface area (Å²) in [7, 11) is 0. The van der Waals surface area contributed by atoms with Gasteiger partial charge in [0.15, 0.2) is 0 Å². The van der Waals surface area contributed by atoms with Gasteiger partial charge in [0.05, 0.1) is 19.1 Å². The molecule has 0 heterocycles. The number of hydrogen-bond acceptors (Lipinski definition) is 4. The van der Waals surface area contributed by atoms with Crippen molar-refractivity contribution in [1.82, 2.24) is 0 Å². The van der Waals surface area contributed by atoms with E-state index < -0.39 is 0 Å². The van der Waals surface area contributed by atoms with Crippen LogP contribution in [0.3, 0.4) is 0 Å². The zero-order valence-corrected chi connectivity index (χ0v) is 19.4. The first-order valence-corrected chi connectivity index (χ1v) is 11.6. The quantitative estimate of drug-likeness (QED) is 0.206. The van der Waals surface area contributed by atoms with Gasteiger partial charge in [0.25, 0.3) is 0 Å². The predicted molar refractivity (Wildman–Crippen MR) is 116 cm³/mol. The molecule has 166 valence electrons. The molecule has 0 fully saturated rings. The molecule has 0 radical (unpaired) electrons. The third-order valence-electron chi connectivity index (χ3n) is 5.18. The molecule has 2 atom stereocenters. The van der Waals surface area contributed by atoms with Crippen molar-refractivity contribution in [3.63, 3.8) is 0 Å². The molecule has 0 spiro atoms. The second kappa shape index (κ2) is 16.9. The van der Waals surface area contributed by atoms with E-state index in [9.17, 15) is 9.59 Å². The highest BCUT2D eigenvalue weighted by atomic mass is 16.5. The molecule has 0 N–H and O–H groups in total. The maximum Gasteiger partial charge on any atom is 0.309 e. The average molecular weight is 399 g/mol. The highest BCUT2D eigenvalue weighted by molar-refractivity contribution is 5.72. The Labute approximate surface area is 174 Å². The largest absolute Gasteiger partial charge is 0.465 e. The molecule has 2 unspecified atom stereocenters. The van der Waals surface area contributed by atoms with Gasteiger partial charge in [-0.3, -0.25) is 9.59 Å². The number of rotatable bonds is 17. The molecule has 0 amide bonds. The van der Waals surface area contributed by atoms with Gasteiger partial charge >= 0.3 is 11.9 Å². The maximum atomic E-state index is 12.4. The molecule has 0 aliphatic rings. The molecule has 0 aromatic carbocycles. The van der Waals surface area contributed by atoms with E-state index in [4.69, 9.17) is 9.47 Å². The van der Waals surface area contributed by atoms with Crippen molar-refractivity contribution in [2.24, 2.45) is 23.7 Å². The lowest BCUT2D eigenvalue weighted by Crippen LogP contribution is -2.26. The van der Waals surface area contributed by atoms with Crippen molar-refractivity contribution in [1.29, 1.82) is 0 Å². The molecule has 0 rings (SSSR count). The Hall–Kier alpha value is -1.06. The molecule has 28 heavy (non-hydrogen) atoms. The minimum Gasteiger partial charge on any atom is -0.465 e. The minimum absolute atomic E-state index is 0.00703. The molecule has 4 heteroatoms. The molecular formula is C24H46O4. The number of esters is 2. The SMILES string of the molecule is CCC(CCCCCCCCC(=O)OCC(C)C)C(CC)C(=O)OCC(C)C. The normalized spacial score (nSPS) is 13.6. The number of carbonyl (C=O) groups excluding carboxylic acids is 2. The maximum absolute atomic E-state index is 12.4. The summed E-state index contributed by atoms with van der Waals surface area (Å²) in [5.41, 5.74) is 0. The fourth-order valence-corrected chi connectivity index (χ4v) is 3.45. The smallest absolute Gasteiger partial charge is 0.309 e. The Morgan fingerprint density at radius 1 is 0.714 bits per heavy atom. The van der Waals surface area contributed by atoms with E-state index in [0.717, 1.165) is 32.1 Å². The summed E-state index contributed by atoms with van der Waals surface area (Å²) in [5, 5.41) is 0. The van der Waals surface area contributed by atoms with Crippen molar-refractivity contribution in [3.05, 3.63) is 0 Å². The summed E-state index contributed by atoms with van der Waals surface area (Å²) in [4.78, 5) is 23.9. The number of ether oxygens (including phenoxy) is 2. The van der Waals surface area contributed by atoms with E-state index in [-0.39, 0.29) is 17.9 Å². The molecule has 0 aliphatic heterocycles. The third-order valence-corrected chi connectivity index (χ3v) is 5.18. The van der Waals surface area contributed by atoms with Crippen molar-refractivity contribution < 1.29 is 19.1 Å². The molecule has 0 aliphatic carbocycles. The number of carbonyl (C=O) groups is 2. The van der Waals surface area contributed by atoms with Gasteiger partial charge in [-0.25, -0.2) is 0 Å². The van der Waals surface area contributed by atoms with Crippen molar-refractivity contribution in [3.8, 4) is 0 Å². The van der Waals surface area contributed by atoms with E-state index in [1.54, 1.807) is 0 Å². The first-order valence-electron chi connectivity index (χ1n) is 11.6. The molecule has 0 aromatic heterocycles. The van der Waals surface area contributed by atoms with Gasteiger partial charge in [-0.1, -0.05) is 80.1 Å². The average Bonchev–Trinajstić information content (AvgIpc) is 2.65. The van der Waals surface area contributed by atoms with Gasteiger partial charge in [-0.2, -0.15) is 0 Å². The van der Waals surface area contributed by atoms with Crippen LogP contribution in [-0.2, 0) is 19.1 Å². The number of hydrogen-bond donors (Lipinski definition) is 0. The highest BCUT2D eigenvalue weighted by Gasteiger charge is 2.26. The van der Waals surface area contributed by atoms with Gasteiger partial charge < -0.3 is 9.47 Å². The van der Waals surface area contributed by atoms with Gasteiger partial charge in [0, 0.05) is 6.42 Å². The molecule has 0 aromatic rings. The highest BCUT2D eigenvalue weighted by Crippen LogP contribution is 2.27. The first-order chi connectivity index (χ1) is 13.3. The lowest BCUT2D eigenvalue weighted by molar-refractivity contribution is -0.152. The van der Waals surface area contributed by atoms with Crippen LogP contribution in [0.15, 0.2) is 0 Å². The Morgan fingerprint density at radius 3 is 1.79 bits per heavy atom. The van der Waals surface area contributed by atoms with Gasteiger partial charge in [-0.15, -0.1) is 0 Å². The molecule has 0 saturated carbocycles. The summed E-state index contributed by atoms with van der Waals surface area (Å²) in [6, 6.07) is 0. The Bertz CT molecular complexity index is 403. The second-order valence-corrected chi connectivity index (χ2v) is 8.94. The monoisotopic (exact) mass is 398 g/mol. The van der Waals surface area contributed by atoms with Crippen LogP contribution in [0.2, 0.25) is 0 Å².